The number of carbonyl (C=O) groups is 1. The summed E-state index contributed by atoms with van der Waals surface area (Å²) in [6.07, 6.45) is 1.03. The summed E-state index contributed by atoms with van der Waals surface area (Å²) < 4.78 is 71.6. The second-order valence-corrected chi connectivity index (χ2v) is 11.0. The van der Waals surface area contributed by atoms with Crippen LogP contribution in [0.1, 0.15) is 39.3 Å². The van der Waals surface area contributed by atoms with E-state index in [0.29, 0.717) is 18.8 Å². The van der Waals surface area contributed by atoms with Gasteiger partial charge >= 0.3 is 21.7 Å². The largest absolute Gasteiger partial charge is 0.534 e. The van der Waals surface area contributed by atoms with Crippen LogP contribution in [-0.2, 0) is 14.9 Å². The number of halogens is 3. The van der Waals surface area contributed by atoms with Crippen LogP contribution < -0.4 is 4.18 Å². The highest BCUT2D eigenvalue weighted by Crippen LogP contribution is 2.32. The molecule has 0 unspecified atom stereocenters. The molecule has 0 aromatic carbocycles. The molecule has 0 aliphatic carbocycles. The molecule has 0 radical (unpaired) electrons. The number of ether oxygens (including phenoxy) is 1. The van der Waals surface area contributed by atoms with Crippen molar-refractivity contribution < 1.29 is 35.3 Å². The van der Waals surface area contributed by atoms with Crippen LogP contribution in [0.25, 0.3) is 5.52 Å². The van der Waals surface area contributed by atoms with Gasteiger partial charge in [-0.25, -0.2) is 9.31 Å². The van der Waals surface area contributed by atoms with Crippen LogP contribution in [0.2, 0.25) is 0 Å². The number of piperidine rings is 1. The first-order valence-corrected chi connectivity index (χ1v) is 11.8. The maximum absolute atomic E-state index is 12.7. The maximum Gasteiger partial charge on any atom is 0.534 e. The second kappa shape index (κ2) is 8.57. The first-order chi connectivity index (χ1) is 14.7. The van der Waals surface area contributed by atoms with E-state index < -0.39 is 33.2 Å². The first kappa shape index (κ1) is 24.4. The fourth-order valence-corrected chi connectivity index (χ4v) is 4.52. The van der Waals surface area contributed by atoms with Gasteiger partial charge in [0.05, 0.1) is 5.69 Å². The Morgan fingerprint density at radius 3 is 2.56 bits per heavy atom. The molecule has 0 N–H and O–H groups in total. The Kier molecular flexibility index (Phi) is 6.52. The van der Waals surface area contributed by atoms with Crippen LogP contribution in [0.3, 0.4) is 0 Å². The van der Waals surface area contributed by atoms with Gasteiger partial charge in [0, 0.05) is 18.3 Å². The molecule has 2 aromatic rings. The van der Waals surface area contributed by atoms with E-state index in [4.69, 9.17) is 4.74 Å². The third-order valence-corrected chi connectivity index (χ3v) is 6.36. The Morgan fingerprint density at radius 1 is 1.25 bits per heavy atom. The molecule has 1 atom stereocenters. The Morgan fingerprint density at radius 2 is 1.94 bits per heavy atom. The Labute approximate surface area is 186 Å². The number of nitrogens with zero attached hydrogens (tertiary/aromatic N) is 5. The quantitative estimate of drug-likeness (QED) is 0.464. The maximum atomic E-state index is 12.7. The first-order valence-electron chi connectivity index (χ1n) is 9.55. The summed E-state index contributed by atoms with van der Waals surface area (Å²) in [5, 5.41) is 11.7. The van der Waals surface area contributed by atoms with Gasteiger partial charge in [-0.2, -0.15) is 26.7 Å². The van der Waals surface area contributed by atoms with Crippen LogP contribution in [-0.4, -0.2) is 68.7 Å². The van der Waals surface area contributed by atoms with Crippen molar-refractivity contribution in [3.05, 3.63) is 11.8 Å². The van der Waals surface area contributed by atoms with Crippen molar-refractivity contribution >= 4 is 33.5 Å². The lowest BCUT2D eigenvalue weighted by molar-refractivity contribution is -0.0501. The summed E-state index contributed by atoms with van der Waals surface area (Å²) in [7, 11) is -5.91. The molecular formula is C17H22F3N5O5S2. The number of thioether (sulfide) groups is 1. The standard InChI is InChI=1S/C17H22F3N5O5S2/c1-10-8-12-13(30-32(27,28)17(18,19)20)21-22-14(25(12)23-10)31-11-6-5-7-24(9-11)15(26)29-16(2,3)4/h8,11H,5-7,9H2,1-4H3/t11-/m1/s1. The van der Waals surface area contributed by atoms with Gasteiger partial charge in [-0.1, -0.05) is 11.8 Å². The fourth-order valence-electron chi connectivity index (χ4n) is 2.94. The van der Waals surface area contributed by atoms with E-state index in [-0.39, 0.29) is 15.9 Å². The van der Waals surface area contributed by atoms with Crippen molar-refractivity contribution in [2.45, 2.75) is 62.1 Å². The van der Waals surface area contributed by atoms with Crippen LogP contribution in [0.15, 0.2) is 11.2 Å². The molecule has 2 aromatic heterocycles. The molecule has 1 aliphatic rings. The summed E-state index contributed by atoms with van der Waals surface area (Å²) >= 11 is 1.23. The number of hydrogen-bond donors (Lipinski definition) is 0. The third-order valence-electron chi connectivity index (χ3n) is 4.23. The minimum Gasteiger partial charge on any atom is -0.444 e. The van der Waals surface area contributed by atoms with Gasteiger partial charge in [0.25, 0.3) is 5.88 Å². The van der Waals surface area contributed by atoms with Gasteiger partial charge in [-0.3, -0.25) is 0 Å². The normalized spacial score (nSPS) is 18.1. The number of fused-ring (bicyclic) bond motifs is 1. The molecule has 3 heterocycles. The molecule has 0 bridgehead atoms. The molecule has 15 heteroatoms. The number of aryl methyl sites for hydroxylation is 1. The van der Waals surface area contributed by atoms with Crippen molar-refractivity contribution in [1.82, 2.24) is 24.7 Å². The van der Waals surface area contributed by atoms with Gasteiger partial charge in [0.2, 0.25) is 5.16 Å². The van der Waals surface area contributed by atoms with Crippen LogP contribution in [0.5, 0.6) is 5.88 Å². The zero-order valence-corrected chi connectivity index (χ0v) is 19.3. The van der Waals surface area contributed by atoms with Crippen LogP contribution in [0.4, 0.5) is 18.0 Å². The van der Waals surface area contributed by atoms with Gasteiger partial charge in [-0.15, -0.1) is 10.2 Å². The average molecular weight is 498 g/mol. The average Bonchev–Trinajstić information content (AvgIpc) is 3.04. The van der Waals surface area contributed by atoms with E-state index in [2.05, 4.69) is 19.5 Å². The highest BCUT2D eigenvalue weighted by atomic mass is 32.2. The molecule has 10 nitrogen and oxygen atoms in total. The van der Waals surface area contributed by atoms with Gasteiger partial charge in [-0.05, 0) is 46.6 Å². The minimum absolute atomic E-state index is 0.0763. The molecule has 1 amide bonds. The lowest BCUT2D eigenvalue weighted by Crippen LogP contribution is -2.43. The van der Waals surface area contributed by atoms with E-state index in [1.54, 1.807) is 32.6 Å². The molecule has 0 saturated carbocycles. The topological polar surface area (TPSA) is 116 Å². The highest BCUT2D eigenvalue weighted by molar-refractivity contribution is 7.99. The van der Waals surface area contributed by atoms with E-state index in [0.717, 1.165) is 12.8 Å². The lowest BCUT2D eigenvalue weighted by Gasteiger charge is -2.33. The van der Waals surface area contributed by atoms with Gasteiger partial charge < -0.3 is 13.8 Å². The van der Waals surface area contributed by atoms with Crippen molar-refractivity contribution in [2.24, 2.45) is 0 Å². The number of amides is 1. The summed E-state index contributed by atoms with van der Waals surface area (Å²) in [5.74, 6) is -0.827. The smallest absolute Gasteiger partial charge is 0.444 e. The molecule has 0 spiro atoms. The summed E-state index contributed by atoms with van der Waals surface area (Å²) in [6.45, 7) is 7.80. The van der Waals surface area contributed by atoms with E-state index in [1.807, 2.05) is 0 Å². The Balaban J connectivity index is 1.82. The Bertz CT molecular complexity index is 1110. The molecule has 1 fully saturated rings. The van der Waals surface area contributed by atoms with Crippen LogP contribution >= 0.6 is 11.8 Å². The van der Waals surface area contributed by atoms with Crippen molar-refractivity contribution in [2.75, 3.05) is 13.1 Å². The van der Waals surface area contributed by atoms with Gasteiger partial charge in [0.1, 0.15) is 11.1 Å². The number of rotatable bonds is 4. The fraction of sp³-hybridized carbons (Fsp3) is 0.647. The number of carbonyl (C=O) groups excluding carboxylic acids is 1. The predicted octanol–water partition coefficient (Wildman–Crippen LogP) is 3.15. The van der Waals surface area contributed by atoms with E-state index >= 15 is 0 Å². The summed E-state index contributed by atoms with van der Waals surface area (Å²) in [4.78, 5) is 14.0. The molecule has 3 rings (SSSR count). The zero-order chi connectivity index (χ0) is 23.9. The summed E-state index contributed by atoms with van der Waals surface area (Å²) in [6, 6.07) is 1.34. The SMILES string of the molecule is Cc1cc2c(OS(=O)(=O)C(F)(F)F)nnc(S[C@@H]3CCCN(C(=O)OC(C)(C)C)C3)n2n1. The minimum atomic E-state index is -5.91. The molecular weight excluding hydrogens is 475 g/mol. The second-order valence-electron chi connectivity index (χ2n) is 8.16. The number of likely N-dealkylation sites (tertiary alicyclic amines) is 1. The molecule has 1 saturated heterocycles. The highest BCUT2D eigenvalue weighted by Gasteiger charge is 2.49. The van der Waals surface area contributed by atoms with Gasteiger partial charge in [0.15, 0.2) is 0 Å². The predicted molar refractivity (Wildman–Crippen MR) is 108 cm³/mol. The summed E-state index contributed by atoms with van der Waals surface area (Å²) in [5.41, 5.74) is -5.92. The van der Waals surface area contributed by atoms with Crippen LogP contribution in [0, 0.1) is 6.92 Å². The van der Waals surface area contributed by atoms with Crippen molar-refractivity contribution in [3.8, 4) is 5.88 Å². The third kappa shape index (κ3) is 5.54. The van der Waals surface area contributed by atoms with Crippen molar-refractivity contribution in [3.63, 3.8) is 0 Å². The Hall–Kier alpha value is -2.29. The van der Waals surface area contributed by atoms with E-state index in [9.17, 15) is 26.4 Å². The molecule has 1 aliphatic heterocycles. The number of alkyl halides is 3. The number of hydrogen-bond acceptors (Lipinski definition) is 9. The van der Waals surface area contributed by atoms with Crippen molar-refractivity contribution in [1.29, 1.82) is 0 Å². The zero-order valence-electron chi connectivity index (χ0n) is 17.7. The molecule has 32 heavy (non-hydrogen) atoms. The monoisotopic (exact) mass is 497 g/mol. The lowest BCUT2D eigenvalue weighted by atomic mass is 10.1. The van der Waals surface area contributed by atoms with E-state index in [1.165, 1.54) is 22.3 Å². The number of aromatic nitrogens is 4. The molecule has 178 valence electrons.